The Balaban J connectivity index is 2.18. The van der Waals surface area contributed by atoms with Crippen molar-refractivity contribution < 1.29 is 19.5 Å². The Hall–Kier alpha value is -1.56. The summed E-state index contributed by atoms with van der Waals surface area (Å²) in [7, 11) is -0.973. The molecule has 1 atom stereocenters. The van der Waals surface area contributed by atoms with E-state index in [9.17, 15) is 5.02 Å². The highest BCUT2D eigenvalue weighted by atomic mass is 16.5. The molecule has 2 N–H and O–H groups in total. The SMILES string of the molecule is C=C(C1=CC[C@H](c2ccccc2OCCO)OB1O)C(C)C. The van der Waals surface area contributed by atoms with Crippen molar-refractivity contribution in [3.8, 4) is 5.75 Å². The largest absolute Gasteiger partial charge is 0.491 e. The Morgan fingerprint density at radius 1 is 1.45 bits per heavy atom. The molecule has 0 unspecified atom stereocenters. The minimum atomic E-state index is -0.973. The second-order valence-corrected chi connectivity index (χ2v) is 5.66. The molecule has 22 heavy (non-hydrogen) atoms. The molecule has 0 radical (unpaired) electrons. The number of hydrogen-bond donors (Lipinski definition) is 2. The third kappa shape index (κ3) is 3.80. The molecule has 1 heterocycles. The quantitative estimate of drug-likeness (QED) is 0.793. The standard InChI is InChI=1S/C17H23BO4/c1-12(2)13(3)15-8-9-17(22-18(15)20)14-6-4-5-7-16(14)21-11-10-19/h4-8,12,17,19-20H,3,9-11H2,1-2H3/t17-/m1/s1. The fraction of sp³-hybridized carbons (Fsp3) is 0.412. The first-order valence-corrected chi connectivity index (χ1v) is 7.60. The molecule has 1 aromatic carbocycles. The van der Waals surface area contributed by atoms with Crippen LogP contribution in [0.25, 0.3) is 0 Å². The maximum atomic E-state index is 10.3. The molecular weight excluding hydrogens is 279 g/mol. The third-order valence-corrected chi connectivity index (χ3v) is 3.79. The number of hydrogen-bond acceptors (Lipinski definition) is 4. The van der Waals surface area contributed by atoms with Gasteiger partial charge in [0.15, 0.2) is 0 Å². The van der Waals surface area contributed by atoms with Gasteiger partial charge in [0.25, 0.3) is 0 Å². The smallest absolute Gasteiger partial charge is 0.491 e. The molecule has 4 nitrogen and oxygen atoms in total. The van der Waals surface area contributed by atoms with E-state index in [4.69, 9.17) is 14.5 Å². The topological polar surface area (TPSA) is 58.9 Å². The molecule has 0 spiro atoms. The Bertz CT molecular complexity index is 553. The average molecular weight is 302 g/mol. The molecular formula is C17H23BO4. The van der Waals surface area contributed by atoms with Crippen molar-refractivity contribution in [1.82, 2.24) is 0 Å². The van der Waals surface area contributed by atoms with E-state index in [1.54, 1.807) is 0 Å². The Morgan fingerprint density at radius 2 is 2.18 bits per heavy atom. The lowest BCUT2D eigenvalue weighted by molar-refractivity contribution is 0.157. The molecule has 0 saturated heterocycles. The zero-order valence-corrected chi connectivity index (χ0v) is 13.2. The number of ether oxygens (including phenoxy) is 1. The molecule has 0 fully saturated rings. The third-order valence-electron chi connectivity index (χ3n) is 3.79. The summed E-state index contributed by atoms with van der Waals surface area (Å²) in [6.07, 6.45) is 2.37. The van der Waals surface area contributed by atoms with Crippen LogP contribution in [0.5, 0.6) is 5.75 Å². The van der Waals surface area contributed by atoms with Crippen LogP contribution in [0.4, 0.5) is 0 Å². The number of benzene rings is 1. The lowest BCUT2D eigenvalue weighted by Crippen LogP contribution is -2.29. The van der Waals surface area contributed by atoms with Gasteiger partial charge in [0, 0.05) is 5.56 Å². The van der Waals surface area contributed by atoms with Gasteiger partial charge < -0.3 is 19.5 Å². The second-order valence-electron chi connectivity index (χ2n) is 5.66. The van der Waals surface area contributed by atoms with E-state index in [1.165, 1.54) is 0 Å². The molecule has 1 aromatic rings. The van der Waals surface area contributed by atoms with E-state index in [-0.39, 0.29) is 25.2 Å². The summed E-state index contributed by atoms with van der Waals surface area (Å²) < 4.78 is 11.3. The first kappa shape index (κ1) is 16.8. The van der Waals surface area contributed by atoms with Crippen LogP contribution in [0, 0.1) is 5.92 Å². The summed E-state index contributed by atoms with van der Waals surface area (Å²) in [5.74, 6) is 0.939. The van der Waals surface area contributed by atoms with Crippen molar-refractivity contribution >= 4 is 7.12 Å². The highest BCUT2D eigenvalue weighted by molar-refractivity contribution is 6.54. The van der Waals surface area contributed by atoms with E-state index >= 15 is 0 Å². The zero-order valence-electron chi connectivity index (χ0n) is 13.2. The van der Waals surface area contributed by atoms with Crippen LogP contribution in [0.15, 0.2) is 48.0 Å². The van der Waals surface area contributed by atoms with Crippen molar-refractivity contribution in [3.05, 3.63) is 53.5 Å². The summed E-state index contributed by atoms with van der Waals surface area (Å²) in [5, 5.41) is 19.2. The van der Waals surface area contributed by atoms with Gasteiger partial charge in [0.1, 0.15) is 12.4 Å². The van der Waals surface area contributed by atoms with Crippen LogP contribution in [0.1, 0.15) is 31.9 Å². The number of allylic oxidation sites excluding steroid dienone is 2. The highest BCUT2D eigenvalue weighted by Crippen LogP contribution is 2.36. The molecule has 118 valence electrons. The summed E-state index contributed by atoms with van der Waals surface area (Å²) in [4.78, 5) is 0. The van der Waals surface area contributed by atoms with Gasteiger partial charge in [-0.3, -0.25) is 0 Å². The van der Waals surface area contributed by atoms with E-state index < -0.39 is 7.12 Å². The van der Waals surface area contributed by atoms with Gasteiger partial charge in [-0.15, -0.1) is 0 Å². The van der Waals surface area contributed by atoms with E-state index in [1.807, 2.05) is 44.2 Å². The number of para-hydroxylation sites is 1. The molecule has 0 bridgehead atoms. The second kappa shape index (κ2) is 7.63. The molecule has 1 aliphatic heterocycles. The first-order chi connectivity index (χ1) is 10.5. The molecule has 0 saturated carbocycles. The van der Waals surface area contributed by atoms with Crippen LogP contribution in [0.3, 0.4) is 0 Å². The molecule has 0 amide bonds. The number of rotatable bonds is 6. The van der Waals surface area contributed by atoms with Gasteiger partial charge in [0.2, 0.25) is 0 Å². The lowest BCUT2D eigenvalue weighted by Gasteiger charge is -2.28. The molecule has 2 rings (SSSR count). The Morgan fingerprint density at radius 3 is 2.82 bits per heavy atom. The van der Waals surface area contributed by atoms with E-state index in [0.29, 0.717) is 12.2 Å². The predicted octanol–water partition coefficient (Wildman–Crippen LogP) is 2.68. The highest BCUT2D eigenvalue weighted by Gasteiger charge is 2.32. The maximum absolute atomic E-state index is 10.3. The Kier molecular flexibility index (Phi) is 5.83. The van der Waals surface area contributed by atoms with Gasteiger partial charge in [0.05, 0.1) is 12.7 Å². The van der Waals surface area contributed by atoms with Crippen molar-refractivity contribution in [1.29, 1.82) is 0 Å². The van der Waals surface area contributed by atoms with Gasteiger partial charge in [-0.05, 0) is 23.9 Å². The van der Waals surface area contributed by atoms with Crippen molar-refractivity contribution in [3.63, 3.8) is 0 Å². The molecule has 5 heteroatoms. The number of aliphatic hydroxyl groups excluding tert-OH is 1. The minimum absolute atomic E-state index is 0.0409. The average Bonchev–Trinajstić information content (AvgIpc) is 2.52. The summed E-state index contributed by atoms with van der Waals surface area (Å²) in [5.41, 5.74) is 2.54. The normalized spacial score (nSPS) is 18.3. The molecule has 1 aliphatic rings. The van der Waals surface area contributed by atoms with Crippen molar-refractivity contribution in [2.75, 3.05) is 13.2 Å². The van der Waals surface area contributed by atoms with Gasteiger partial charge >= 0.3 is 7.12 Å². The van der Waals surface area contributed by atoms with Crippen LogP contribution in [0.2, 0.25) is 0 Å². The minimum Gasteiger partial charge on any atom is -0.491 e. The van der Waals surface area contributed by atoms with Crippen LogP contribution >= 0.6 is 0 Å². The van der Waals surface area contributed by atoms with E-state index in [0.717, 1.165) is 16.6 Å². The molecule has 0 aromatic heterocycles. The molecule has 0 aliphatic carbocycles. The Labute approximate surface area is 132 Å². The maximum Gasteiger partial charge on any atom is 0.491 e. The van der Waals surface area contributed by atoms with Gasteiger partial charge in [-0.2, -0.15) is 0 Å². The van der Waals surface area contributed by atoms with Gasteiger partial charge in [-0.25, -0.2) is 0 Å². The number of aliphatic hydroxyl groups is 1. The monoisotopic (exact) mass is 302 g/mol. The van der Waals surface area contributed by atoms with Crippen LogP contribution < -0.4 is 4.74 Å². The van der Waals surface area contributed by atoms with Crippen molar-refractivity contribution in [2.45, 2.75) is 26.4 Å². The zero-order chi connectivity index (χ0) is 16.1. The van der Waals surface area contributed by atoms with Crippen LogP contribution in [-0.2, 0) is 4.65 Å². The fourth-order valence-electron chi connectivity index (χ4n) is 2.48. The van der Waals surface area contributed by atoms with Gasteiger partial charge in [-0.1, -0.05) is 50.3 Å². The van der Waals surface area contributed by atoms with Crippen molar-refractivity contribution in [2.24, 2.45) is 5.92 Å². The summed E-state index contributed by atoms with van der Waals surface area (Å²) >= 11 is 0. The van der Waals surface area contributed by atoms with E-state index in [2.05, 4.69) is 6.58 Å². The first-order valence-electron chi connectivity index (χ1n) is 7.60. The summed E-state index contributed by atoms with van der Waals surface area (Å²) in [6, 6.07) is 7.54. The van der Waals surface area contributed by atoms with Crippen LogP contribution in [-0.4, -0.2) is 30.5 Å². The fourth-order valence-corrected chi connectivity index (χ4v) is 2.48. The lowest BCUT2D eigenvalue weighted by atomic mass is 9.69. The predicted molar refractivity (Wildman–Crippen MR) is 87.5 cm³/mol. The summed E-state index contributed by atoms with van der Waals surface area (Å²) in [6.45, 7) is 8.30.